The van der Waals surface area contributed by atoms with Gasteiger partial charge >= 0.3 is 0 Å². The van der Waals surface area contributed by atoms with E-state index in [-0.39, 0.29) is 65.0 Å². The maximum absolute atomic E-state index is 12.7. The first-order valence-electron chi connectivity index (χ1n) is 10.1. The molecule has 0 aromatic rings. The Hall–Kier alpha value is -1.16. The first-order chi connectivity index (χ1) is 12.8. The van der Waals surface area contributed by atoms with Crippen molar-refractivity contribution in [1.29, 1.82) is 0 Å². The van der Waals surface area contributed by atoms with E-state index in [1.165, 1.54) is 4.90 Å². The summed E-state index contributed by atoms with van der Waals surface area (Å²) in [6, 6.07) is 0. The average Bonchev–Trinajstić information content (AvgIpc) is 3.27. The third kappa shape index (κ3) is 5.06. The quantitative estimate of drug-likeness (QED) is 0.122. The van der Waals surface area contributed by atoms with E-state index >= 15 is 0 Å². The van der Waals surface area contributed by atoms with E-state index in [2.05, 4.69) is 53.9 Å². The summed E-state index contributed by atoms with van der Waals surface area (Å²) >= 11 is 0. The number of carbonyl (C=O) groups excluding carboxylic acids is 2. The molecule has 8 heteroatoms. The van der Waals surface area contributed by atoms with Gasteiger partial charge in [-0.2, -0.15) is 0 Å². The second-order valence-electron chi connectivity index (χ2n) is 8.69. The number of fused-ring (bicyclic) bond motifs is 5. The largest absolute Gasteiger partial charge is 0.357 e. The molecule has 2 bridgehead atoms. The molecular weight excluding hydrogens is 469 g/mol. The molecule has 158 valence electrons. The number of imide groups is 1. The summed E-state index contributed by atoms with van der Waals surface area (Å²) in [4.78, 5) is 31.4. The molecule has 28 heavy (non-hydrogen) atoms. The molecule has 1 aliphatic heterocycles. The van der Waals surface area contributed by atoms with E-state index in [4.69, 9.17) is 0 Å². The molecule has 3 N–H and O–H groups in total. The van der Waals surface area contributed by atoms with Crippen LogP contribution in [0.2, 0.25) is 0 Å². The lowest BCUT2D eigenvalue weighted by atomic mass is 9.85. The Labute approximate surface area is 185 Å². The highest BCUT2D eigenvalue weighted by Crippen LogP contribution is 2.52. The molecule has 0 spiro atoms. The molecule has 2 aliphatic carbocycles. The van der Waals surface area contributed by atoms with Gasteiger partial charge in [-0.3, -0.25) is 19.5 Å². The molecule has 0 aromatic carbocycles. The van der Waals surface area contributed by atoms with Crippen LogP contribution in [-0.4, -0.2) is 60.9 Å². The van der Waals surface area contributed by atoms with Crippen LogP contribution in [0, 0.1) is 23.7 Å². The Morgan fingerprint density at radius 2 is 1.71 bits per heavy atom. The van der Waals surface area contributed by atoms with Crippen LogP contribution in [0.1, 0.15) is 34.1 Å². The van der Waals surface area contributed by atoms with Crippen molar-refractivity contribution in [2.45, 2.75) is 39.7 Å². The predicted molar refractivity (Wildman–Crippen MR) is 122 cm³/mol. The smallest absolute Gasteiger partial charge is 0.233 e. The van der Waals surface area contributed by atoms with Gasteiger partial charge in [0.15, 0.2) is 5.96 Å². The topological polar surface area (TPSA) is 85.8 Å². The Morgan fingerprint density at radius 3 is 2.25 bits per heavy atom. The molecule has 1 saturated carbocycles. The standard InChI is InChI=1S/C20H33N5O2.HI/c1-5-21-19(22-8-9-24-20(2,3)4)23-10-11-25-17(26)15-13-6-7-14(12-13)16(15)18(25)27;/h6-7,13-16,24H,5,8-12H2,1-4H3,(H2,21,22,23);1H. The summed E-state index contributed by atoms with van der Waals surface area (Å²) in [5, 5.41) is 9.85. The van der Waals surface area contributed by atoms with E-state index in [1.807, 2.05) is 6.92 Å². The molecule has 2 fully saturated rings. The maximum Gasteiger partial charge on any atom is 0.233 e. The van der Waals surface area contributed by atoms with Gasteiger partial charge in [0.2, 0.25) is 11.8 Å². The van der Waals surface area contributed by atoms with Crippen LogP contribution in [0.3, 0.4) is 0 Å². The predicted octanol–water partition coefficient (Wildman–Crippen LogP) is 1.35. The number of guanidine groups is 1. The Bertz CT molecular complexity index is 613. The average molecular weight is 503 g/mol. The summed E-state index contributed by atoms with van der Waals surface area (Å²) in [6.07, 6.45) is 5.22. The number of amides is 2. The van der Waals surface area contributed by atoms with Crippen molar-refractivity contribution in [3.05, 3.63) is 12.2 Å². The molecule has 7 nitrogen and oxygen atoms in total. The number of hydrogen-bond donors (Lipinski definition) is 3. The molecule has 0 aromatic heterocycles. The summed E-state index contributed by atoms with van der Waals surface area (Å²) < 4.78 is 0. The van der Waals surface area contributed by atoms with Gasteiger partial charge in [0.05, 0.1) is 18.4 Å². The van der Waals surface area contributed by atoms with Crippen molar-refractivity contribution in [3.63, 3.8) is 0 Å². The van der Waals surface area contributed by atoms with Gasteiger partial charge in [0.1, 0.15) is 0 Å². The fraction of sp³-hybridized carbons (Fsp3) is 0.750. The summed E-state index contributed by atoms with van der Waals surface area (Å²) in [7, 11) is 0. The van der Waals surface area contributed by atoms with Crippen LogP contribution >= 0.6 is 24.0 Å². The van der Waals surface area contributed by atoms with Gasteiger partial charge in [0, 0.05) is 31.7 Å². The minimum atomic E-state index is -0.113. The van der Waals surface area contributed by atoms with Gasteiger partial charge in [-0.1, -0.05) is 12.2 Å². The van der Waals surface area contributed by atoms with E-state index < -0.39 is 0 Å². The summed E-state index contributed by atoms with van der Waals surface area (Å²) in [6.45, 7) is 11.5. The molecule has 4 unspecified atom stereocenters. The Morgan fingerprint density at radius 1 is 1.11 bits per heavy atom. The minimum absolute atomic E-state index is 0. The lowest BCUT2D eigenvalue weighted by Gasteiger charge is -2.20. The number of allylic oxidation sites excluding steroid dienone is 2. The molecule has 3 aliphatic rings. The molecule has 1 heterocycles. The Balaban J connectivity index is 0.00000280. The normalized spacial score (nSPS) is 28.6. The zero-order chi connectivity index (χ0) is 19.6. The summed E-state index contributed by atoms with van der Waals surface area (Å²) in [5.41, 5.74) is 0.0735. The van der Waals surface area contributed by atoms with Crippen LogP contribution in [0.25, 0.3) is 0 Å². The van der Waals surface area contributed by atoms with Crippen LogP contribution in [0.15, 0.2) is 17.1 Å². The first-order valence-corrected chi connectivity index (χ1v) is 10.1. The van der Waals surface area contributed by atoms with E-state index in [0.29, 0.717) is 25.6 Å². The fourth-order valence-corrected chi connectivity index (χ4v) is 4.41. The zero-order valence-electron chi connectivity index (χ0n) is 17.3. The van der Waals surface area contributed by atoms with Crippen molar-refractivity contribution >= 4 is 41.8 Å². The van der Waals surface area contributed by atoms with Gasteiger partial charge in [-0.05, 0) is 46.0 Å². The van der Waals surface area contributed by atoms with Crippen LogP contribution < -0.4 is 16.0 Å². The lowest BCUT2D eigenvalue weighted by Crippen LogP contribution is -2.44. The van der Waals surface area contributed by atoms with Crippen molar-refractivity contribution in [3.8, 4) is 0 Å². The van der Waals surface area contributed by atoms with Crippen molar-refractivity contribution in [2.24, 2.45) is 28.7 Å². The molecular formula is C20H34IN5O2. The van der Waals surface area contributed by atoms with Crippen molar-refractivity contribution < 1.29 is 9.59 Å². The minimum Gasteiger partial charge on any atom is -0.357 e. The van der Waals surface area contributed by atoms with Crippen LogP contribution in [-0.2, 0) is 9.59 Å². The highest BCUT2D eigenvalue weighted by atomic mass is 127. The highest BCUT2D eigenvalue weighted by molar-refractivity contribution is 14.0. The number of likely N-dealkylation sites (tertiary alicyclic amines) is 1. The van der Waals surface area contributed by atoms with Crippen molar-refractivity contribution in [1.82, 2.24) is 20.9 Å². The highest BCUT2D eigenvalue weighted by Gasteiger charge is 2.58. The first kappa shape index (κ1) is 23.1. The second kappa shape index (κ2) is 9.56. The molecule has 0 radical (unpaired) electrons. The molecule has 4 atom stereocenters. The van der Waals surface area contributed by atoms with E-state index in [0.717, 1.165) is 19.5 Å². The van der Waals surface area contributed by atoms with Gasteiger partial charge in [-0.25, -0.2) is 0 Å². The number of halogens is 1. The number of aliphatic imine (C=N–C) groups is 1. The number of carbonyl (C=O) groups is 2. The van der Waals surface area contributed by atoms with Crippen molar-refractivity contribution in [2.75, 3.05) is 32.7 Å². The SMILES string of the molecule is CCNC(=NCCNC(C)(C)C)NCCN1C(=O)C2C3C=CC(C3)C2C1=O.I. The van der Waals surface area contributed by atoms with Crippen LogP contribution in [0.4, 0.5) is 0 Å². The van der Waals surface area contributed by atoms with E-state index in [9.17, 15) is 9.59 Å². The fourth-order valence-electron chi connectivity index (χ4n) is 4.41. The number of rotatable bonds is 7. The number of nitrogens with one attached hydrogen (secondary N) is 3. The second-order valence-corrected chi connectivity index (χ2v) is 8.69. The number of hydrogen-bond acceptors (Lipinski definition) is 4. The molecule has 3 rings (SSSR count). The van der Waals surface area contributed by atoms with Gasteiger partial charge < -0.3 is 16.0 Å². The Kier molecular flexibility index (Phi) is 7.89. The number of nitrogens with zero attached hydrogens (tertiary/aromatic N) is 2. The third-order valence-electron chi connectivity index (χ3n) is 5.57. The maximum atomic E-state index is 12.7. The molecule has 1 saturated heterocycles. The van der Waals surface area contributed by atoms with E-state index in [1.54, 1.807) is 0 Å². The van der Waals surface area contributed by atoms with Crippen LogP contribution in [0.5, 0.6) is 0 Å². The van der Waals surface area contributed by atoms with Gasteiger partial charge in [-0.15, -0.1) is 24.0 Å². The monoisotopic (exact) mass is 503 g/mol. The zero-order valence-corrected chi connectivity index (χ0v) is 19.7. The van der Waals surface area contributed by atoms with Gasteiger partial charge in [0.25, 0.3) is 0 Å². The summed E-state index contributed by atoms with van der Waals surface area (Å²) in [5.74, 6) is 1.05. The lowest BCUT2D eigenvalue weighted by molar-refractivity contribution is -0.140. The molecule has 2 amide bonds. The third-order valence-corrected chi connectivity index (χ3v) is 5.57.